The molecule has 0 bridgehead atoms. The molecule has 0 aromatic carbocycles. The van der Waals surface area contributed by atoms with Gasteiger partial charge in [0.05, 0.1) is 5.33 Å². The van der Waals surface area contributed by atoms with Gasteiger partial charge in [0.1, 0.15) is 0 Å². The summed E-state index contributed by atoms with van der Waals surface area (Å²) in [6.07, 6.45) is 0. The minimum absolute atomic E-state index is 0. The molecular weight excluding hydrogens is 152 g/mol. The van der Waals surface area contributed by atoms with E-state index < -0.39 is 0 Å². The van der Waals surface area contributed by atoms with E-state index in [0.717, 1.165) is 5.33 Å². The van der Waals surface area contributed by atoms with Crippen LogP contribution in [0.1, 0.15) is 9.78 Å². The number of hydrogen-bond acceptors (Lipinski definition) is 0. The summed E-state index contributed by atoms with van der Waals surface area (Å²) in [5.74, 6) is 5.50. The predicted molar refractivity (Wildman–Crippen MR) is 35.2 cm³/mol. The molecule has 0 aliphatic heterocycles. The average Bonchev–Trinajstić information content (AvgIpc) is 1.41. The predicted octanol–water partition coefficient (Wildman–Crippen LogP) is 1.25. The zero-order valence-electron chi connectivity index (χ0n) is 5.79. The van der Waals surface area contributed by atoms with Crippen molar-refractivity contribution in [2.75, 3.05) is 5.33 Å². The summed E-state index contributed by atoms with van der Waals surface area (Å²) < 4.78 is 0. The van der Waals surface area contributed by atoms with Gasteiger partial charge in [-0.3, -0.25) is 0 Å². The largest absolute Gasteiger partial charge is 2.00 e. The second-order valence-corrected chi connectivity index (χ2v) is 1.12. The van der Waals surface area contributed by atoms with Crippen molar-refractivity contribution in [3.63, 3.8) is 0 Å². The van der Waals surface area contributed by atoms with Crippen LogP contribution in [0.4, 0.5) is 0 Å². The minimum atomic E-state index is 0. The quantitative estimate of drug-likeness (QED) is 0.283. The first-order valence-corrected chi connectivity index (χ1v) is 2.49. The number of hydrogen-bond donors (Lipinski definition) is 0. The molecule has 0 fully saturated rings. The van der Waals surface area contributed by atoms with Gasteiger partial charge in [0.25, 0.3) is 0 Å². The van der Waals surface area contributed by atoms with Gasteiger partial charge in [-0.25, -0.2) is 0 Å². The first-order valence-electron chi connectivity index (χ1n) is 1.37. The van der Waals surface area contributed by atoms with E-state index in [9.17, 15) is 0 Å². The fourth-order valence-corrected chi connectivity index (χ4v) is 0.347. The number of alkyl halides is 1. The Morgan fingerprint density at radius 1 is 1.83 bits per heavy atom. The summed E-state index contributed by atoms with van der Waals surface area (Å²) in [4.78, 5) is 0. The van der Waals surface area contributed by atoms with E-state index in [4.69, 9.17) is 0 Å². The Balaban J connectivity index is -0.0000000267. The topological polar surface area (TPSA) is 0 Å². The van der Waals surface area contributed by atoms with E-state index in [2.05, 4.69) is 27.8 Å². The van der Waals surface area contributed by atoms with Crippen LogP contribution in [-0.2, 0) is 0 Å². The van der Waals surface area contributed by atoms with Crippen molar-refractivity contribution in [3.8, 4) is 11.8 Å². The maximum absolute atomic E-state index is 3.14. The molecule has 0 N–H and O–H groups in total. The van der Waals surface area contributed by atoms with Crippen molar-refractivity contribution in [3.05, 3.63) is 0 Å². The van der Waals surface area contributed by atoms with Crippen molar-refractivity contribution in [2.45, 2.75) is 6.92 Å². The van der Waals surface area contributed by atoms with Gasteiger partial charge in [-0.15, -0.1) is 5.92 Å². The Morgan fingerprint density at radius 3 is 2.33 bits per heavy atom. The first-order chi connectivity index (χ1) is 2.41. The van der Waals surface area contributed by atoms with Crippen LogP contribution in [0.15, 0.2) is 0 Å². The van der Waals surface area contributed by atoms with Crippen LogP contribution in [-0.4, -0.2) is 28.4 Å². The molecular formula is C4H7BrMg. The third kappa shape index (κ3) is 8.84. The third-order valence-corrected chi connectivity index (χ3v) is 0.524. The molecule has 0 saturated carbocycles. The van der Waals surface area contributed by atoms with Crippen LogP contribution in [0, 0.1) is 11.8 Å². The summed E-state index contributed by atoms with van der Waals surface area (Å²) in [6.45, 7) is 1.82. The monoisotopic (exact) mass is 158 g/mol. The summed E-state index contributed by atoms with van der Waals surface area (Å²) in [5.41, 5.74) is 0. The molecule has 0 radical (unpaired) electrons. The van der Waals surface area contributed by atoms with E-state index in [1.807, 2.05) is 6.92 Å². The molecule has 0 unspecified atom stereocenters. The SMILES string of the molecule is CC#CCBr.[H-].[H-].[Mg+2]. The Labute approximate surface area is 65.9 Å². The first kappa shape index (κ1) is 9.93. The summed E-state index contributed by atoms with van der Waals surface area (Å²) >= 11 is 3.14. The van der Waals surface area contributed by atoms with Gasteiger partial charge in [-0.2, -0.15) is 0 Å². The van der Waals surface area contributed by atoms with Crippen LogP contribution in [0.5, 0.6) is 0 Å². The Kier molecular flexibility index (Phi) is 15.3. The smallest absolute Gasteiger partial charge is 1.00 e. The number of halogens is 1. The maximum Gasteiger partial charge on any atom is 2.00 e. The molecule has 0 rings (SSSR count). The standard InChI is InChI=1S/C4H5Br.Mg.2H/c1-2-3-4-5;;;/h4H2,1H3;;;/q;+2;2*-1. The van der Waals surface area contributed by atoms with E-state index >= 15 is 0 Å². The zero-order valence-corrected chi connectivity index (χ0v) is 6.79. The van der Waals surface area contributed by atoms with Crippen LogP contribution < -0.4 is 0 Å². The van der Waals surface area contributed by atoms with E-state index in [0.29, 0.717) is 0 Å². The van der Waals surface area contributed by atoms with E-state index in [1.165, 1.54) is 0 Å². The van der Waals surface area contributed by atoms with Crippen LogP contribution in [0.2, 0.25) is 0 Å². The van der Waals surface area contributed by atoms with Crippen molar-refractivity contribution in [2.24, 2.45) is 0 Å². The maximum atomic E-state index is 3.14. The van der Waals surface area contributed by atoms with E-state index in [1.54, 1.807) is 0 Å². The molecule has 0 aromatic rings. The second kappa shape index (κ2) is 9.26. The molecule has 0 spiro atoms. The Hall–Kier alpha value is 0.806. The molecule has 0 aliphatic rings. The second-order valence-electron chi connectivity index (χ2n) is 0.560. The molecule has 32 valence electrons. The minimum Gasteiger partial charge on any atom is -1.00 e. The fourth-order valence-electron chi connectivity index (χ4n) is 0.0668. The van der Waals surface area contributed by atoms with E-state index in [-0.39, 0.29) is 25.9 Å². The van der Waals surface area contributed by atoms with Gasteiger partial charge in [-0.05, 0) is 6.92 Å². The van der Waals surface area contributed by atoms with Gasteiger partial charge < -0.3 is 2.85 Å². The molecule has 6 heavy (non-hydrogen) atoms. The molecule has 0 aromatic heterocycles. The molecule has 2 heteroatoms. The van der Waals surface area contributed by atoms with Gasteiger partial charge in [0, 0.05) is 0 Å². The molecule has 0 atom stereocenters. The molecule has 0 amide bonds. The van der Waals surface area contributed by atoms with Crippen molar-refractivity contribution in [1.29, 1.82) is 0 Å². The summed E-state index contributed by atoms with van der Waals surface area (Å²) in [7, 11) is 0. The van der Waals surface area contributed by atoms with Gasteiger partial charge >= 0.3 is 23.1 Å². The zero-order chi connectivity index (χ0) is 4.12. The van der Waals surface area contributed by atoms with Crippen molar-refractivity contribution >= 4 is 39.0 Å². The molecule has 0 heterocycles. The van der Waals surface area contributed by atoms with Crippen molar-refractivity contribution < 1.29 is 2.85 Å². The van der Waals surface area contributed by atoms with Gasteiger partial charge in [0.2, 0.25) is 0 Å². The van der Waals surface area contributed by atoms with Crippen molar-refractivity contribution in [1.82, 2.24) is 0 Å². The fraction of sp³-hybridized carbons (Fsp3) is 0.500. The third-order valence-electron chi connectivity index (χ3n) is 0.244. The van der Waals surface area contributed by atoms with Crippen LogP contribution in [0.25, 0.3) is 0 Å². The Morgan fingerprint density at radius 2 is 2.33 bits per heavy atom. The molecule has 0 aliphatic carbocycles. The average molecular weight is 159 g/mol. The van der Waals surface area contributed by atoms with Gasteiger partial charge in [0.15, 0.2) is 0 Å². The van der Waals surface area contributed by atoms with Crippen LogP contribution >= 0.6 is 15.9 Å². The summed E-state index contributed by atoms with van der Waals surface area (Å²) in [5, 5.41) is 0.795. The normalized spacial score (nSPS) is 4.33. The van der Waals surface area contributed by atoms with Crippen LogP contribution in [0.3, 0.4) is 0 Å². The Bertz CT molecular complexity index is 66.2. The number of rotatable bonds is 0. The molecule has 0 nitrogen and oxygen atoms in total. The summed E-state index contributed by atoms with van der Waals surface area (Å²) in [6, 6.07) is 0. The van der Waals surface area contributed by atoms with Gasteiger partial charge in [-0.1, -0.05) is 21.9 Å². The molecule has 0 saturated heterocycles.